The standard InChI is InChI=1S/C18H17N3O2S2/c1-12-2-4-14(5-3-12)25(22,23)21-9-7-16-15(6-8-20-18(16)21)13-10-17(19)24-11-13/h2-6,8,10-11H,7,9,19H2,1H3. The molecule has 5 nitrogen and oxygen atoms in total. The van der Waals surface area contributed by atoms with E-state index in [9.17, 15) is 8.42 Å². The fourth-order valence-electron chi connectivity index (χ4n) is 3.10. The van der Waals surface area contributed by atoms with E-state index in [1.54, 1.807) is 18.3 Å². The van der Waals surface area contributed by atoms with Crippen molar-refractivity contribution < 1.29 is 8.42 Å². The summed E-state index contributed by atoms with van der Waals surface area (Å²) in [4.78, 5) is 4.65. The third-order valence-corrected chi connectivity index (χ3v) is 6.94. The summed E-state index contributed by atoms with van der Waals surface area (Å²) in [5.41, 5.74) is 9.83. The Morgan fingerprint density at radius 3 is 2.64 bits per heavy atom. The molecule has 3 aromatic rings. The second kappa shape index (κ2) is 5.86. The Labute approximate surface area is 150 Å². The monoisotopic (exact) mass is 371 g/mol. The van der Waals surface area contributed by atoms with Gasteiger partial charge in [-0.3, -0.25) is 0 Å². The van der Waals surface area contributed by atoms with Gasteiger partial charge in [-0.2, -0.15) is 0 Å². The highest BCUT2D eigenvalue weighted by Gasteiger charge is 2.33. The van der Waals surface area contributed by atoms with Gasteiger partial charge in [-0.25, -0.2) is 17.7 Å². The van der Waals surface area contributed by atoms with Crippen molar-refractivity contribution in [2.75, 3.05) is 16.6 Å². The number of rotatable bonds is 3. The molecule has 0 aliphatic carbocycles. The first-order valence-corrected chi connectivity index (χ1v) is 10.2. The van der Waals surface area contributed by atoms with Crippen LogP contribution in [-0.2, 0) is 16.4 Å². The van der Waals surface area contributed by atoms with E-state index in [4.69, 9.17) is 5.73 Å². The molecule has 0 saturated carbocycles. The SMILES string of the molecule is Cc1ccc(S(=O)(=O)N2CCc3c(-c4csc(N)c4)ccnc32)cc1. The molecule has 0 atom stereocenters. The summed E-state index contributed by atoms with van der Waals surface area (Å²) >= 11 is 1.47. The summed E-state index contributed by atoms with van der Waals surface area (Å²) in [5.74, 6) is 0.517. The molecule has 1 aliphatic heterocycles. The second-order valence-electron chi connectivity index (χ2n) is 6.04. The Morgan fingerprint density at radius 2 is 1.96 bits per heavy atom. The largest absolute Gasteiger partial charge is 0.391 e. The van der Waals surface area contributed by atoms with Gasteiger partial charge in [0.15, 0.2) is 0 Å². The Morgan fingerprint density at radius 1 is 1.20 bits per heavy atom. The third-order valence-electron chi connectivity index (χ3n) is 4.37. The van der Waals surface area contributed by atoms with E-state index >= 15 is 0 Å². The van der Waals surface area contributed by atoms with Gasteiger partial charge in [-0.05, 0) is 48.7 Å². The van der Waals surface area contributed by atoms with E-state index < -0.39 is 10.0 Å². The van der Waals surface area contributed by atoms with E-state index in [2.05, 4.69) is 4.98 Å². The number of anilines is 2. The number of thiophene rings is 1. The van der Waals surface area contributed by atoms with Crippen LogP contribution in [0.3, 0.4) is 0 Å². The fraction of sp³-hybridized carbons (Fsp3) is 0.167. The molecule has 128 valence electrons. The molecule has 2 N–H and O–H groups in total. The first kappa shape index (κ1) is 16.1. The molecule has 3 heterocycles. The zero-order valence-electron chi connectivity index (χ0n) is 13.6. The van der Waals surface area contributed by atoms with Crippen molar-refractivity contribution >= 4 is 32.2 Å². The van der Waals surface area contributed by atoms with Crippen LogP contribution in [0, 0.1) is 6.92 Å². The number of hydrogen-bond acceptors (Lipinski definition) is 5. The minimum Gasteiger partial charge on any atom is -0.391 e. The summed E-state index contributed by atoms with van der Waals surface area (Å²) in [5, 5.41) is 2.73. The lowest BCUT2D eigenvalue weighted by Gasteiger charge is -2.19. The van der Waals surface area contributed by atoms with Crippen molar-refractivity contribution in [2.24, 2.45) is 0 Å². The van der Waals surface area contributed by atoms with Gasteiger partial charge < -0.3 is 5.73 Å². The number of fused-ring (bicyclic) bond motifs is 1. The van der Waals surface area contributed by atoms with Crippen molar-refractivity contribution in [3.05, 3.63) is 59.1 Å². The van der Waals surface area contributed by atoms with Gasteiger partial charge in [0.05, 0.1) is 9.90 Å². The Bertz CT molecular complexity index is 1040. The zero-order chi connectivity index (χ0) is 17.6. The predicted octanol–water partition coefficient (Wildman–Crippen LogP) is 3.45. The van der Waals surface area contributed by atoms with Gasteiger partial charge >= 0.3 is 0 Å². The lowest BCUT2D eigenvalue weighted by Crippen LogP contribution is -2.29. The van der Waals surface area contributed by atoms with Crippen LogP contribution in [0.15, 0.2) is 52.9 Å². The van der Waals surface area contributed by atoms with Gasteiger partial charge in [-0.15, -0.1) is 11.3 Å². The molecule has 0 bridgehead atoms. The summed E-state index contributed by atoms with van der Waals surface area (Å²) in [6, 6.07) is 10.7. The Hall–Kier alpha value is -2.38. The van der Waals surface area contributed by atoms with Crippen molar-refractivity contribution in [3.8, 4) is 11.1 Å². The van der Waals surface area contributed by atoms with Crippen molar-refractivity contribution in [1.82, 2.24) is 4.98 Å². The molecular formula is C18H17N3O2S2. The summed E-state index contributed by atoms with van der Waals surface area (Å²) in [6.07, 6.45) is 2.30. The summed E-state index contributed by atoms with van der Waals surface area (Å²) in [7, 11) is -3.61. The number of pyridine rings is 1. The lowest BCUT2D eigenvalue weighted by molar-refractivity contribution is 0.592. The average Bonchev–Trinajstić information content (AvgIpc) is 3.21. The number of hydrogen-bond donors (Lipinski definition) is 1. The van der Waals surface area contributed by atoms with Crippen molar-refractivity contribution in [2.45, 2.75) is 18.2 Å². The number of nitrogens with two attached hydrogens (primary N) is 1. The smallest absolute Gasteiger partial charge is 0.265 e. The van der Waals surface area contributed by atoms with Crippen LogP contribution < -0.4 is 10.0 Å². The number of benzene rings is 1. The van der Waals surface area contributed by atoms with Crippen LogP contribution in [0.5, 0.6) is 0 Å². The maximum absolute atomic E-state index is 13.0. The molecule has 1 aromatic carbocycles. The van der Waals surface area contributed by atoms with E-state index in [1.165, 1.54) is 15.6 Å². The topological polar surface area (TPSA) is 76.3 Å². The van der Waals surface area contributed by atoms with E-state index in [1.807, 2.05) is 36.6 Å². The van der Waals surface area contributed by atoms with Crippen LogP contribution in [0.2, 0.25) is 0 Å². The van der Waals surface area contributed by atoms with Gasteiger partial charge in [0.25, 0.3) is 10.0 Å². The minimum absolute atomic E-state index is 0.290. The van der Waals surface area contributed by atoms with E-state index in [0.29, 0.717) is 18.8 Å². The molecule has 25 heavy (non-hydrogen) atoms. The lowest BCUT2D eigenvalue weighted by atomic mass is 10.0. The molecule has 0 radical (unpaired) electrons. The number of aryl methyl sites for hydroxylation is 1. The second-order valence-corrected chi connectivity index (χ2v) is 8.84. The average molecular weight is 371 g/mol. The van der Waals surface area contributed by atoms with Gasteiger partial charge in [-0.1, -0.05) is 17.7 Å². The molecule has 7 heteroatoms. The van der Waals surface area contributed by atoms with Gasteiger partial charge in [0.1, 0.15) is 5.82 Å². The normalized spacial score (nSPS) is 13.9. The molecule has 0 amide bonds. The van der Waals surface area contributed by atoms with Crippen molar-refractivity contribution in [3.63, 3.8) is 0 Å². The van der Waals surface area contributed by atoms with Gasteiger partial charge in [0, 0.05) is 23.7 Å². The first-order valence-electron chi connectivity index (χ1n) is 7.88. The highest BCUT2D eigenvalue weighted by Crippen LogP contribution is 2.38. The Kier molecular flexibility index (Phi) is 3.77. The number of aromatic nitrogens is 1. The van der Waals surface area contributed by atoms with Crippen LogP contribution in [-0.4, -0.2) is 19.9 Å². The van der Waals surface area contributed by atoms with Crippen LogP contribution in [0.4, 0.5) is 10.8 Å². The molecule has 0 unspecified atom stereocenters. The zero-order valence-corrected chi connectivity index (χ0v) is 15.3. The Balaban J connectivity index is 1.79. The van der Waals surface area contributed by atoms with E-state index in [0.717, 1.165) is 27.3 Å². The molecule has 1 aliphatic rings. The van der Waals surface area contributed by atoms with E-state index in [-0.39, 0.29) is 4.90 Å². The first-order chi connectivity index (χ1) is 12.0. The minimum atomic E-state index is -3.61. The highest BCUT2D eigenvalue weighted by molar-refractivity contribution is 7.92. The molecule has 0 fully saturated rings. The summed E-state index contributed by atoms with van der Waals surface area (Å²) in [6.45, 7) is 2.33. The molecule has 0 spiro atoms. The maximum Gasteiger partial charge on any atom is 0.265 e. The number of sulfonamides is 1. The summed E-state index contributed by atoms with van der Waals surface area (Å²) < 4.78 is 27.5. The highest BCUT2D eigenvalue weighted by atomic mass is 32.2. The van der Waals surface area contributed by atoms with Crippen LogP contribution in [0.1, 0.15) is 11.1 Å². The quantitative estimate of drug-likeness (QED) is 0.765. The maximum atomic E-state index is 13.0. The number of nitrogen functional groups attached to an aromatic ring is 1. The van der Waals surface area contributed by atoms with Crippen molar-refractivity contribution in [1.29, 1.82) is 0 Å². The molecule has 0 saturated heterocycles. The molecule has 4 rings (SSSR count). The molecule has 2 aromatic heterocycles. The van der Waals surface area contributed by atoms with Crippen LogP contribution in [0.25, 0.3) is 11.1 Å². The molecular weight excluding hydrogens is 354 g/mol. The fourth-order valence-corrected chi connectivity index (χ4v) is 5.20. The third kappa shape index (κ3) is 2.69. The predicted molar refractivity (Wildman–Crippen MR) is 101 cm³/mol. The van der Waals surface area contributed by atoms with Crippen LogP contribution >= 0.6 is 11.3 Å². The van der Waals surface area contributed by atoms with Gasteiger partial charge in [0.2, 0.25) is 0 Å². The number of nitrogens with zero attached hydrogens (tertiary/aromatic N) is 2.